The summed E-state index contributed by atoms with van der Waals surface area (Å²) in [4.78, 5) is 29.5. The summed E-state index contributed by atoms with van der Waals surface area (Å²) in [5.41, 5.74) is 0.545. The van der Waals surface area contributed by atoms with Gasteiger partial charge in [-0.05, 0) is 25.1 Å². The van der Waals surface area contributed by atoms with Gasteiger partial charge in [-0.1, -0.05) is 23.2 Å². The van der Waals surface area contributed by atoms with E-state index in [0.717, 1.165) is 0 Å². The van der Waals surface area contributed by atoms with Crippen molar-refractivity contribution in [3.63, 3.8) is 0 Å². The zero-order valence-electron chi connectivity index (χ0n) is 10.2. The van der Waals surface area contributed by atoms with E-state index >= 15 is 0 Å². The van der Waals surface area contributed by atoms with Gasteiger partial charge in [0.1, 0.15) is 16.5 Å². The summed E-state index contributed by atoms with van der Waals surface area (Å²) in [5.74, 6) is -1.82. The third kappa shape index (κ3) is 2.92. The number of pyridine rings is 1. The van der Waals surface area contributed by atoms with E-state index in [1.54, 1.807) is 6.92 Å². The van der Waals surface area contributed by atoms with Gasteiger partial charge in [-0.3, -0.25) is 4.79 Å². The number of carbonyl (C=O) groups excluding carboxylic acids is 1. The SMILES string of the molecule is Cc1cc(NC(=O)c2nc(Cl)ccc2Cl)c(C(=O)O)[nH]1. The number of rotatable bonds is 3. The summed E-state index contributed by atoms with van der Waals surface area (Å²) in [5, 5.41) is 11.7. The van der Waals surface area contributed by atoms with Crippen LogP contribution >= 0.6 is 23.2 Å². The van der Waals surface area contributed by atoms with Crippen LogP contribution in [0.4, 0.5) is 5.69 Å². The average Bonchev–Trinajstić information content (AvgIpc) is 2.73. The number of anilines is 1. The average molecular weight is 314 g/mol. The van der Waals surface area contributed by atoms with E-state index in [4.69, 9.17) is 28.3 Å². The number of carbonyl (C=O) groups is 2. The molecule has 1 amide bonds. The van der Waals surface area contributed by atoms with Crippen LogP contribution in [0.5, 0.6) is 0 Å². The maximum atomic E-state index is 12.0. The molecule has 2 rings (SSSR count). The van der Waals surface area contributed by atoms with Crippen molar-refractivity contribution in [2.24, 2.45) is 0 Å². The number of aromatic amines is 1. The van der Waals surface area contributed by atoms with Crippen LogP contribution in [-0.2, 0) is 0 Å². The Morgan fingerprint density at radius 1 is 1.35 bits per heavy atom. The number of carboxylic acid groups (broad SMARTS) is 1. The summed E-state index contributed by atoms with van der Waals surface area (Å²) >= 11 is 11.6. The zero-order valence-corrected chi connectivity index (χ0v) is 11.7. The maximum absolute atomic E-state index is 12.0. The molecule has 104 valence electrons. The minimum atomic E-state index is -1.18. The lowest BCUT2D eigenvalue weighted by Crippen LogP contribution is -2.16. The quantitative estimate of drug-likeness (QED) is 0.759. The fourth-order valence-electron chi connectivity index (χ4n) is 1.62. The van der Waals surface area contributed by atoms with Gasteiger partial charge in [0.2, 0.25) is 0 Å². The van der Waals surface area contributed by atoms with E-state index < -0.39 is 11.9 Å². The second-order valence-electron chi connectivity index (χ2n) is 3.96. The number of hydrogen-bond donors (Lipinski definition) is 3. The largest absolute Gasteiger partial charge is 0.477 e. The number of halogens is 2. The number of hydrogen-bond acceptors (Lipinski definition) is 3. The van der Waals surface area contributed by atoms with E-state index in [-0.39, 0.29) is 27.3 Å². The van der Waals surface area contributed by atoms with Crippen LogP contribution in [0.1, 0.15) is 26.7 Å². The molecular formula is C12H9Cl2N3O3. The summed E-state index contributed by atoms with van der Waals surface area (Å²) < 4.78 is 0. The maximum Gasteiger partial charge on any atom is 0.354 e. The van der Waals surface area contributed by atoms with Gasteiger partial charge in [0.05, 0.1) is 10.7 Å². The number of carboxylic acids is 1. The van der Waals surface area contributed by atoms with E-state index in [1.165, 1.54) is 18.2 Å². The summed E-state index contributed by atoms with van der Waals surface area (Å²) in [6, 6.07) is 4.38. The van der Waals surface area contributed by atoms with Crippen LogP contribution in [0.25, 0.3) is 0 Å². The monoisotopic (exact) mass is 313 g/mol. The van der Waals surface area contributed by atoms with Crippen molar-refractivity contribution in [1.29, 1.82) is 0 Å². The molecule has 0 saturated carbocycles. The molecule has 0 unspecified atom stereocenters. The highest BCUT2D eigenvalue weighted by Gasteiger charge is 2.18. The third-order valence-corrected chi connectivity index (χ3v) is 2.96. The summed E-state index contributed by atoms with van der Waals surface area (Å²) in [6.45, 7) is 1.67. The molecule has 2 aromatic heterocycles. The molecule has 0 radical (unpaired) electrons. The van der Waals surface area contributed by atoms with Gasteiger partial charge in [-0.25, -0.2) is 9.78 Å². The van der Waals surface area contributed by atoms with Crippen LogP contribution < -0.4 is 5.32 Å². The van der Waals surface area contributed by atoms with Gasteiger partial charge in [0, 0.05) is 5.69 Å². The summed E-state index contributed by atoms with van der Waals surface area (Å²) in [6.07, 6.45) is 0. The van der Waals surface area contributed by atoms with Crippen molar-refractivity contribution in [2.45, 2.75) is 6.92 Å². The predicted octanol–water partition coefficient (Wildman–Crippen LogP) is 2.98. The standard InChI is InChI=1S/C12H9Cl2N3O3/c1-5-4-7(10(15-5)12(19)20)16-11(18)9-6(13)2-3-8(14)17-9/h2-4,15H,1H3,(H,16,18)(H,19,20). The minimum absolute atomic E-state index is 0.0747. The molecule has 6 nitrogen and oxygen atoms in total. The Balaban J connectivity index is 2.32. The van der Waals surface area contributed by atoms with Gasteiger partial charge in [-0.15, -0.1) is 0 Å². The number of amides is 1. The molecule has 0 aliphatic rings. The highest BCUT2D eigenvalue weighted by Crippen LogP contribution is 2.21. The van der Waals surface area contributed by atoms with Gasteiger partial charge in [-0.2, -0.15) is 0 Å². The van der Waals surface area contributed by atoms with Crippen LogP contribution in [0.2, 0.25) is 10.2 Å². The Kier molecular flexibility index (Phi) is 3.96. The Morgan fingerprint density at radius 3 is 2.70 bits per heavy atom. The van der Waals surface area contributed by atoms with E-state index in [0.29, 0.717) is 5.69 Å². The second kappa shape index (κ2) is 5.52. The lowest BCUT2D eigenvalue weighted by atomic mass is 10.3. The number of aryl methyl sites for hydroxylation is 1. The Hall–Kier alpha value is -2.05. The predicted molar refractivity (Wildman–Crippen MR) is 74.7 cm³/mol. The topological polar surface area (TPSA) is 95.1 Å². The van der Waals surface area contributed by atoms with Crippen LogP contribution in [0.3, 0.4) is 0 Å². The molecule has 2 aromatic rings. The molecule has 0 aliphatic carbocycles. The van der Waals surface area contributed by atoms with Gasteiger partial charge >= 0.3 is 5.97 Å². The Labute approximate surface area is 123 Å². The smallest absolute Gasteiger partial charge is 0.354 e. The third-order valence-electron chi connectivity index (χ3n) is 2.44. The van der Waals surface area contributed by atoms with Gasteiger partial charge < -0.3 is 15.4 Å². The van der Waals surface area contributed by atoms with Crippen molar-refractivity contribution in [2.75, 3.05) is 5.32 Å². The highest BCUT2D eigenvalue weighted by atomic mass is 35.5. The number of H-pyrrole nitrogens is 1. The highest BCUT2D eigenvalue weighted by molar-refractivity contribution is 6.35. The Morgan fingerprint density at radius 2 is 2.05 bits per heavy atom. The van der Waals surface area contributed by atoms with Crippen molar-refractivity contribution >= 4 is 40.8 Å². The lowest BCUT2D eigenvalue weighted by Gasteiger charge is -2.05. The number of aromatic carboxylic acids is 1. The molecule has 0 fully saturated rings. The van der Waals surface area contributed by atoms with Crippen LogP contribution in [0.15, 0.2) is 18.2 Å². The molecule has 2 heterocycles. The first-order chi connectivity index (χ1) is 9.38. The van der Waals surface area contributed by atoms with Crippen molar-refractivity contribution in [3.8, 4) is 0 Å². The first kappa shape index (κ1) is 14.4. The first-order valence-corrected chi connectivity index (χ1v) is 6.20. The van der Waals surface area contributed by atoms with E-state index in [9.17, 15) is 9.59 Å². The number of aromatic nitrogens is 2. The second-order valence-corrected chi connectivity index (χ2v) is 4.76. The fraction of sp³-hybridized carbons (Fsp3) is 0.0833. The van der Waals surface area contributed by atoms with Crippen LogP contribution in [0, 0.1) is 6.92 Å². The van der Waals surface area contributed by atoms with Gasteiger partial charge in [0.15, 0.2) is 0 Å². The minimum Gasteiger partial charge on any atom is -0.477 e. The first-order valence-electron chi connectivity index (χ1n) is 5.45. The molecule has 0 aliphatic heterocycles. The molecule has 3 N–H and O–H groups in total. The molecule has 0 saturated heterocycles. The van der Waals surface area contributed by atoms with E-state index in [2.05, 4.69) is 15.3 Å². The molecule has 8 heteroatoms. The lowest BCUT2D eigenvalue weighted by molar-refractivity contribution is 0.0692. The Bertz CT molecular complexity index is 697. The normalized spacial score (nSPS) is 10.3. The molecule has 0 bridgehead atoms. The molecule has 0 atom stereocenters. The van der Waals surface area contributed by atoms with Crippen molar-refractivity contribution < 1.29 is 14.7 Å². The van der Waals surface area contributed by atoms with E-state index in [1.807, 2.05) is 0 Å². The molecule has 20 heavy (non-hydrogen) atoms. The number of nitrogens with zero attached hydrogens (tertiary/aromatic N) is 1. The number of nitrogens with one attached hydrogen (secondary N) is 2. The molecule has 0 spiro atoms. The van der Waals surface area contributed by atoms with Crippen molar-refractivity contribution in [1.82, 2.24) is 9.97 Å². The van der Waals surface area contributed by atoms with Crippen molar-refractivity contribution in [3.05, 3.63) is 45.5 Å². The summed E-state index contributed by atoms with van der Waals surface area (Å²) in [7, 11) is 0. The van der Waals surface area contributed by atoms with Crippen LogP contribution in [-0.4, -0.2) is 27.0 Å². The molecule has 0 aromatic carbocycles. The fourth-order valence-corrected chi connectivity index (χ4v) is 1.95. The van der Waals surface area contributed by atoms with Gasteiger partial charge in [0.25, 0.3) is 5.91 Å². The molecular weight excluding hydrogens is 305 g/mol. The zero-order chi connectivity index (χ0) is 14.9.